The molecule has 1 aromatic carbocycles. The highest BCUT2D eigenvalue weighted by atomic mass is 32.1. The van der Waals surface area contributed by atoms with Crippen molar-refractivity contribution in [2.75, 3.05) is 12.4 Å². The first kappa shape index (κ1) is 16.7. The number of benzene rings is 1. The van der Waals surface area contributed by atoms with Crippen molar-refractivity contribution >= 4 is 28.8 Å². The summed E-state index contributed by atoms with van der Waals surface area (Å²) >= 11 is 1.70. The van der Waals surface area contributed by atoms with E-state index in [0.29, 0.717) is 12.8 Å². The number of anilines is 1. The summed E-state index contributed by atoms with van der Waals surface area (Å²) in [6.07, 6.45) is 5.49. The lowest BCUT2D eigenvalue weighted by Crippen LogP contribution is -2.19. The van der Waals surface area contributed by atoms with Crippen molar-refractivity contribution in [1.82, 2.24) is 5.32 Å². The molecule has 0 saturated heterocycles. The van der Waals surface area contributed by atoms with Crippen LogP contribution in [0.3, 0.4) is 0 Å². The molecule has 0 bridgehead atoms. The smallest absolute Gasteiger partial charge is 0.256 e. The molecule has 1 heterocycles. The molecule has 3 rings (SSSR count). The number of para-hydroxylation sites is 1. The first-order chi connectivity index (χ1) is 11.7. The lowest BCUT2D eigenvalue weighted by atomic mass is 9.95. The molecule has 4 nitrogen and oxygen atoms in total. The van der Waals surface area contributed by atoms with Crippen molar-refractivity contribution in [2.24, 2.45) is 0 Å². The van der Waals surface area contributed by atoms with Crippen LogP contribution in [0.1, 0.15) is 45.6 Å². The number of amides is 2. The van der Waals surface area contributed by atoms with Crippen LogP contribution >= 0.6 is 11.3 Å². The van der Waals surface area contributed by atoms with E-state index < -0.39 is 0 Å². The lowest BCUT2D eigenvalue weighted by molar-refractivity contribution is -0.120. The third-order valence-electron chi connectivity index (χ3n) is 4.47. The Morgan fingerprint density at radius 1 is 1.17 bits per heavy atom. The maximum absolute atomic E-state index is 12.7. The van der Waals surface area contributed by atoms with Crippen LogP contribution in [0.5, 0.6) is 0 Å². The molecular formula is C19H22N2O2S. The summed E-state index contributed by atoms with van der Waals surface area (Å²) < 4.78 is 0. The molecule has 0 fully saturated rings. The standard InChI is InChI=1S/C19H22N2O2S/c1-20-18(22)11-10-13-6-2-4-8-16(13)21-19(23)15-12-24-17-9-5-3-7-14(15)17/h2,4,6,8,12H,3,5,7,9-11H2,1H3,(H,20,22)(H,21,23). The van der Waals surface area contributed by atoms with Gasteiger partial charge in [-0.2, -0.15) is 0 Å². The van der Waals surface area contributed by atoms with E-state index >= 15 is 0 Å². The molecule has 0 radical (unpaired) electrons. The SMILES string of the molecule is CNC(=O)CCc1ccccc1NC(=O)c1csc2c1CCCC2. The minimum atomic E-state index is -0.0400. The predicted molar refractivity (Wildman–Crippen MR) is 97.7 cm³/mol. The lowest BCUT2D eigenvalue weighted by Gasteiger charge is -2.14. The number of rotatable bonds is 5. The molecule has 2 N–H and O–H groups in total. The van der Waals surface area contributed by atoms with Crippen molar-refractivity contribution in [3.05, 3.63) is 51.2 Å². The van der Waals surface area contributed by atoms with E-state index in [1.165, 1.54) is 16.9 Å². The number of hydrogen-bond acceptors (Lipinski definition) is 3. The van der Waals surface area contributed by atoms with Crippen LogP contribution in [0.2, 0.25) is 0 Å². The van der Waals surface area contributed by atoms with Gasteiger partial charge in [0.1, 0.15) is 0 Å². The zero-order valence-corrected chi connectivity index (χ0v) is 14.7. The molecule has 2 amide bonds. The summed E-state index contributed by atoms with van der Waals surface area (Å²) in [7, 11) is 1.63. The van der Waals surface area contributed by atoms with Gasteiger partial charge in [0.15, 0.2) is 0 Å². The quantitative estimate of drug-likeness (QED) is 0.873. The summed E-state index contributed by atoms with van der Waals surface area (Å²) in [5.41, 5.74) is 3.82. The number of nitrogens with one attached hydrogen (secondary N) is 2. The first-order valence-corrected chi connectivity index (χ1v) is 9.26. The number of carbonyl (C=O) groups is 2. The average Bonchev–Trinajstić information content (AvgIpc) is 3.05. The van der Waals surface area contributed by atoms with Gasteiger partial charge < -0.3 is 10.6 Å². The van der Waals surface area contributed by atoms with Crippen molar-refractivity contribution in [3.8, 4) is 0 Å². The maximum Gasteiger partial charge on any atom is 0.256 e. The molecule has 126 valence electrons. The topological polar surface area (TPSA) is 58.2 Å². The Bertz CT molecular complexity index is 752. The van der Waals surface area contributed by atoms with Crippen LogP contribution in [0.15, 0.2) is 29.6 Å². The van der Waals surface area contributed by atoms with Gasteiger partial charge in [-0.15, -0.1) is 11.3 Å². The van der Waals surface area contributed by atoms with Gasteiger partial charge >= 0.3 is 0 Å². The second-order valence-corrected chi connectivity index (χ2v) is 7.01. The Kier molecular flexibility index (Phi) is 5.30. The van der Waals surface area contributed by atoms with Crippen LogP contribution in [-0.4, -0.2) is 18.9 Å². The Morgan fingerprint density at radius 2 is 1.96 bits per heavy atom. The molecule has 24 heavy (non-hydrogen) atoms. The molecular weight excluding hydrogens is 320 g/mol. The van der Waals surface area contributed by atoms with Gasteiger partial charge in [0.25, 0.3) is 5.91 Å². The maximum atomic E-state index is 12.7. The molecule has 2 aromatic rings. The van der Waals surface area contributed by atoms with Gasteiger partial charge in [-0.25, -0.2) is 0 Å². The summed E-state index contributed by atoms with van der Waals surface area (Å²) in [6.45, 7) is 0. The number of fused-ring (bicyclic) bond motifs is 1. The molecule has 1 aliphatic carbocycles. The molecule has 5 heteroatoms. The number of carbonyl (C=O) groups excluding carboxylic acids is 2. The van der Waals surface area contributed by atoms with Crippen molar-refractivity contribution in [3.63, 3.8) is 0 Å². The zero-order chi connectivity index (χ0) is 16.9. The van der Waals surface area contributed by atoms with E-state index in [1.54, 1.807) is 18.4 Å². The van der Waals surface area contributed by atoms with Crippen LogP contribution < -0.4 is 10.6 Å². The third-order valence-corrected chi connectivity index (χ3v) is 5.56. The Labute approximate surface area is 146 Å². The molecule has 0 spiro atoms. The number of hydrogen-bond donors (Lipinski definition) is 2. The summed E-state index contributed by atoms with van der Waals surface area (Å²) in [6, 6.07) is 7.70. The molecule has 1 aromatic heterocycles. The van der Waals surface area contributed by atoms with Crippen LogP contribution in [0.4, 0.5) is 5.69 Å². The Balaban J connectivity index is 1.75. The van der Waals surface area contributed by atoms with Gasteiger partial charge in [0, 0.05) is 29.4 Å². The van der Waals surface area contributed by atoms with Crippen LogP contribution in [-0.2, 0) is 24.1 Å². The average molecular weight is 342 g/mol. The first-order valence-electron chi connectivity index (χ1n) is 8.38. The third kappa shape index (κ3) is 3.67. The molecule has 0 saturated carbocycles. The highest BCUT2D eigenvalue weighted by molar-refractivity contribution is 7.10. The van der Waals surface area contributed by atoms with Gasteiger partial charge in [-0.3, -0.25) is 9.59 Å². The fourth-order valence-corrected chi connectivity index (χ4v) is 4.23. The van der Waals surface area contributed by atoms with Gasteiger partial charge in [-0.1, -0.05) is 18.2 Å². The van der Waals surface area contributed by atoms with E-state index in [9.17, 15) is 9.59 Å². The summed E-state index contributed by atoms with van der Waals surface area (Å²) in [5.74, 6) is -0.0372. The molecule has 0 unspecified atom stereocenters. The van der Waals surface area contributed by atoms with Crippen molar-refractivity contribution in [2.45, 2.75) is 38.5 Å². The second-order valence-electron chi connectivity index (χ2n) is 6.04. The minimum absolute atomic E-state index is 0.00281. The van der Waals surface area contributed by atoms with Crippen molar-refractivity contribution in [1.29, 1.82) is 0 Å². The minimum Gasteiger partial charge on any atom is -0.359 e. The molecule has 0 atom stereocenters. The van der Waals surface area contributed by atoms with Gasteiger partial charge in [0.2, 0.25) is 5.91 Å². The normalized spacial score (nSPS) is 13.2. The highest BCUT2D eigenvalue weighted by Gasteiger charge is 2.20. The van der Waals surface area contributed by atoms with E-state index in [-0.39, 0.29) is 11.8 Å². The van der Waals surface area contributed by atoms with Gasteiger partial charge in [-0.05, 0) is 49.3 Å². The van der Waals surface area contributed by atoms with E-state index in [0.717, 1.165) is 36.1 Å². The predicted octanol–water partition coefficient (Wildman–Crippen LogP) is 3.56. The summed E-state index contributed by atoms with van der Waals surface area (Å²) in [4.78, 5) is 25.5. The van der Waals surface area contributed by atoms with E-state index in [4.69, 9.17) is 0 Å². The van der Waals surface area contributed by atoms with Crippen LogP contribution in [0, 0.1) is 0 Å². The number of thiophene rings is 1. The Hall–Kier alpha value is -2.14. The largest absolute Gasteiger partial charge is 0.359 e. The van der Waals surface area contributed by atoms with E-state index in [1.807, 2.05) is 29.6 Å². The van der Waals surface area contributed by atoms with Crippen molar-refractivity contribution < 1.29 is 9.59 Å². The molecule has 0 aliphatic heterocycles. The fourth-order valence-electron chi connectivity index (χ4n) is 3.11. The Morgan fingerprint density at radius 3 is 2.79 bits per heavy atom. The monoisotopic (exact) mass is 342 g/mol. The van der Waals surface area contributed by atoms with Gasteiger partial charge in [0.05, 0.1) is 5.56 Å². The second kappa shape index (κ2) is 7.62. The number of aryl methyl sites for hydroxylation is 2. The fraction of sp³-hybridized carbons (Fsp3) is 0.368. The van der Waals surface area contributed by atoms with E-state index in [2.05, 4.69) is 10.6 Å². The highest BCUT2D eigenvalue weighted by Crippen LogP contribution is 2.31. The zero-order valence-electron chi connectivity index (χ0n) is 13.9. The van der Waals surface area contributed by atoms with Crippen LogP contribution in [0.25, 0.3) is 0 Å². The summed E-state index contributed by atoms with van der Waals surface area (Å²) in [5, 5.41) is 7.65. The molecule has 1 aliphatic rings.